The number of nitrogens with one attached hydrogen (secondary N) is 1. The van der Waals surface area contributed by atoms with Crippen LogP contribution in [0, 0.1) is 5.82 Å². The molecule has 4 aromatic rings. The number of anilines is 1. The average molecular weight is 441 g/mol. The highest BCUT2D eigenvalue weighted by atomic mass is 35.5. The molecule has 0 saturated carbocycles. The number of aromatic nitrogens is 3. The molecule has 9 heteroatoms. The summed E-state index contributed by atoms with van der Waals surface area (Å²) in [5, 5.41) is 3.44. The highest BCUT2D eigenvalue weighted by Crippen LogP contribution is 2.24. The molecule has 0 bridgehead atoms. The van der Waals surface area contributed by atoms with E-state index in [0.29, 0.717) is 27.6 Å². The first-order valence-corrected chi connectivity index (χ1v) is 10.2. The van der Waals surface area contributed by atoms with Gasteiger partial charge in [0.15, 0.2) is 10.8 Å². The molecule has 0 saturated heterocycles. The van der Waals surface area contributed by atoms with Gasteiger partial charge in [-0.1, -0.05) is 41.6 Å². The summed E-state index contributed by atoms with van der Waals surface area (Å²) in [6, 6.07) is 16.1. The van der Waals surface area contributed by atoms with Crippen LogP contribution in [0.2, 0.25) is 5.02 Å². The minimum atomic E-state index is -0.493. The number of carbonyl (C=O) groups excluding carboxylic acids is 1. The van der Waals surface area contributed by atoms with Crippen LogP contribution in [0.3, 0.4) is 0 Å². The molecular weight excluding hydrogens is 427 g/mol. The Morgan fingerprint density at radius 1 is 1.13 bits per heavy atom. The van der Waals surface area contributed by atoms with Crippen LogP contribution in [0.25, 0.3) is 16.7 Å². The van der Waals surface area contributed by atoms with E-state index in [1.54, 1.807) is 30.5 Å². The fraction of sp³-hybridized carbons (Fsp3) is 0.0476. The van der Waals surface area contributed by atoms with Crippen LogP contribution in [-0.2, 0) is 4.79 Å². The Bertz CT molecular complexity index is 1300. The molecule has 0 atom stereocenters. The fourth-order valence-corrected chi connectivity index (χ4v) is 3.83. The SMILES string of the molecule is O=C(CSc1nc2ncccc2c(=O)n1-c1ccccc1)Nc1ccc(F)cc1Cl. The maximum absolute atomic E-state index is 13.2. The van der Waals surface area contributed by atoms with Gasteiger partial charge in [0.1, 0.15) is 5.82 Å². The number of hydrogen-bond donors (Lipinski definition) is 1. The van der Waals surface area contributed by atoms with Crippen LogP contribution in [0.4, 0.5) is 10.1 Å². The fourth-order valence-electron chi connectivity index (χ4n) is 2.81. The third kappa shape index (κ3) is 4.19. The second-order valence-electron chi connectivity index (χ2n) is 6.21. The van der Waals surface area contributed by atoms with Gasteiger partial charge in [0.25, 0.3) is 5.56 Å². The van der Waals surface area contributed by atoms with Crippen molar-refractivity contribution < 1.29 is 9.18 Å². The first kappa shape index (κ1) is 20.1. The zero-order valence-electron chi connectivity index (χ0n) is 15.4. The van der Waals surface area contributed by atoms with Crippen LogP contribution in [-0.4, -0.2) is 26.2 Å². The maximum Gasteiger partial charge on any atom is 0.268 e. The molecule has 0 spiro atoms. The minimum absolute atomic E-state index is 0.0364. The highest BCUT2D eigenvalue weighted by Gasteiger charge is 2.16. The number of rotatable bonds is 5. The van der Waals surface area contributed by atoms with Crippen molar-refractivity contribution in [3.05, 3.63) is 88.1 Å². The molecular formula is C21H14ClFN4O2S. The quantitative estimate of drug-likeness (QED) is 0.370. The normalized spacial score (nSPS) is 10.9. The predicted octanol–water partition coefficient (Wildman–Crippen LogP) is 4.30. The van der Waals surface area contributed by atoms with E-state index in [0.717, 1.165) is 17.8 Å². The molecule has 0 aliphatic carbocycles. The number of fused-ring (bicyclic) bond motifs is 1. The summed E-state index contributed by atoms with van der Waals surface area (Å²) >= 11 is 7.04. The molecule has 0 radical (unpaired) electrons. The molecule has 1 N–H and O–H groups in total. The van der Waals surface area contributed by atoms with Crippen LogP contribution >= 0.6 is 23.4 Å². The van der Waals surface area contributed by atoms with Crippen molar-refractivity contribution in [1.29, 1.82) is 0 Å². The Morgan fingerprint density at radius 3 is 2.70 bits per heavy atom. The smallest absolute Gasteiger partial charge is 0.268 e. The van der Waals surface area contributed by atoms with Gasteiger partial charge in [0.05, 0.1) is 27.5 Å². The number of nitrogens with zero attached hydrogens (tertiary/aromatic N) is 3. The standard InChI is InChI=1S/C21H14ClFN4O2S/c22-16-11-13(23)8-9-17(16)25-18(28)12-30-21-26-19-15(7-4-10-24-19)20(29)27(21)14-5-2-1-3-6-14/h1-11H,12H2,(H,25,28). The van der Waals surface area contributed by atoms with Gasteiger partial charge in [-0.15, -0.1) is 0 Å². The van der Waals surface area contributed by atoms with Gasteiger partial charge in [0, 0.05) is 6.20 Å². The molecule has 30 heavy (non-hydrogen) atoms. The summed E-state index contributed by atoms with van der Waals surface area (Å²) in [7, 11) is 0. The van der Waals surface area contributed by atoms with Gasteiger partial charge in [-0.05, 0) is 42.5 Å². The van der Waals surface area contributed by atoms with Gasteiger partial charge >= 0.3 is 0 Å². The summed E-state index contributed by atoms with van der Waals surface area (Å²) in [5.74, 6) is -0.902. The third-order valence-electron chi connectivity index (χ3n) is 4.16. The molecule has 0 fully saturated rings. The number of para-hydroxylation sites is 1. The van der Waals surface area contributed by atoms with Gasteiger partial charge in [-0.2, -0.15) is 0 Å². The first-order valence-electron chi connectivity index (χ1n) is 8.84. The molecule has 2 aromatic carbocycles. The van der Waals surface area contributed by atoms with E-state index in [9.17, 15) is 14.0 Å². The Balaban J connectivity index is 1.65. The van der Waals surface area contributed by atoms with Crippen molar-refractivity contribution in [3.63, 3.8) is 0 Å². The molecule has 2 heterocycles. The third-order valence-corrected chi connectivity index (χ3v) is 5.42. The van der Waals surface area contributed by atoms with Gasteiger partial charge in [-0.25, -0.2) is 14.4 Å². The van der Waals surface area contributed by atoms with E-state index < -0.39 is 5.82 Å². The van der Waals surface area contributed by atoms with Crippen LogP contribution in [0.1, 0.15) is 0 Å². The number of carbonyl (C=O) groups is 1. The second-order valence-corrected chi connectivity index (χ2v) is 7.56. The highest BCUT2D eigenvalue weighted by molar-refractivity contribution is 7.99. The predicted molar refractivity (Wildman–Crippen MR) is 116 cm³/mol. The lowest BCUT2D eigenvalue weighted by molar-refractivity contribution is -0.113. The summed E-state index contributed by atoms with van der Waals surface area (Å²) in [5.41, 5.74) is 0.963. The monoisotopic (exact) mass is 440 g/mol. The molecule has 0 aliphatic rings. The van der Waals surface area contributed by atoms with Gasteiger partial charge in [0.2, 0.25) is 5.91 Å². The maximum atomic E-state index is 13.2. The van der Waals surface area contributed by atoms with E-state index in [-0.39, 0.29) is 22.2 Å². The summed E-state index contributed by atoms with van der Waals surface area (Å²) in [4.78, 5) is 34.1. The van der Waals surface area contributed by atoms with Crippen molar-refractivity contribution in [1.82, 2.24) is 14.5 Å². The van der Waals surface area contributed by atoms with Crippen LogP contribution < -0.4 is 10.9 Å². The Kier molecular flexibility index (Phi) is 5.78. The zero-order valence-corrected chi connectivity index (χ0v) is 17.0. The summed E-state index contributed by atoms with van der Waals surface area (Å²) in [6.07, 6.45) is 1.55. The van der Waals surface area contributed by atoms with E-state index >= 15 is 0 Å². The lowest BCUT2D eigenvalue weighted by Gasteiger charge is -2.13. The number of thioether (sulfide) groups is 1. The van der Waals surface area contributed by atoms with Crippen LogP contribution in [0.5, 0.6) is 0 Å². The number of hydrogen-bond acceptors (Lipinski definition) is 5. The molecule has 150 valence electrons. The topological polar surface area (TPSA) is 76.9 Å². The number of pyridine rings is 1. The summed E-state index contributed by atoms with van der Waals surface area (Å²) in [6.45, 7) is 0. The lowest BCUT2D eigenvalue weighted by Crippen LogP contribution is -2.23. The van der Waals surface area contributed by atoms with Crippen LogP contribution in [0.15, 0.2) is 76.8 Å². The van der Waals surface area contributed by atoms with Crippen molar-refractivity contribution >= 4 is 46.0 Å². The minimum Gasteiger partial charge on any atom is -0.324 e. The molecule has 1 amide bonds. The van der Waals surface area contributed by atoms with Crippen molar-refractivity contribution in [2.75, 3.05) is 11.1 Å². The van der Waals surface area contributed by atoms with Crippen molar-refractivity contribution in [2.45, 2.75) is 5.16 Å². The van der Waals surface area contributed by atoms with E-state index in [4.69, 9.17) is 11.6 Å². The van der Waals surface area contributed by atoms with Gasteiger partial charge < -0.3 is 5.32 Å². The zero-order chi connectivity index (χ0) is 21.1. The Morgan fingerprint density at radius 2 is 1.93 bits per heavy atom. The lowest BCUT2D eigenvalue weighted by atomic mass is 10.3. The van der Waals surface area contributed by atoms with E-state index in [1.165, 1.54) is 16.7 Å². The van der Waals surface area contributed by atoms with Gasteiger partial charge in [-0.3, -0.25) is 14.2 Å². The van der Waals surface area contributed by atoms with Crippen molar-refractivity contribution in [2.24, 2.45) is 0 Å². The number of amides is 1. The average Bonchev–Trinajstić information content (AvgIpc) is 2.75. The molecule has 6 nitrogen and oxygen atoms in total. The second kappa shape index (κ2) is 8.64. The summed E-state index contributed by atoms with van der Waals surface area (Å²) < 4.78 is 14.6. The molecule has 2 aromatic heterocycles. The first-order chi connectivity index (χ1) is 14.5. The Hall–Kier alpha value is -3.23. The molecule has 4 rings (SSSR count). The largest absolute Gasteiger partial charge is 0.324 e. The number of benzene rings is 2. The van der Waals surface area contributed by atoms with E-state index in [1.807, 2.05) is 18.2 Å². The number of halogens is 2. The Labute approximate surface area is 179 Å². The van der Waals surface area contributed by atoms with E-state index in [2.05, 4.69) is 15.3 Å². The molecule has 0 aliphatic heterocycles. The molecule has 0 unspecified atom stereocenters. The van der Waals surface area contributed by atoms with Crippen molar-refractivity contribution in [3.8, 4) is 5.69 Å².